The van der Waals surface area contributed by atoms with Crippen molar-refractivity contribution in [1.29, 1.82) is 0 Å². The summed E-state index contributed by atoms with van der Waals surface area (Å²) in [6, 6.07) is 6.29. The van der Waals surface area contributed by atoms with Gasteiger partial charge in [0.15, 0.2) is 11.5 Å². The minimum atomic E-state index is 0.775. The molecule has 0 fully saturated rings. The first-order chi connectivity index (χ1) is 13.0. The van der Waals surface area contributed by atoms with Gasteiger partial charge in [0.1, 0.15) is 17.5 Å². The molecule has 6 nitrogen and oxygen atoms in total. The first-order valence-corrected chi connectivity index (χ1v) is 9.61. The Kier molecular flexibility index (Phi) is 6.04. The molecule has 0 saturated carbocycles. The molecule has 146 valence electrons. The van der Waals surface area contributed by atoms with Crippen LogP contribution in [-0.4, -0.2) is 44.3 Å². The van der Waals surface area contributed by atoms with Crippen molar-refractivity contribution in [1.82, 2.24) is 9.97 Å². The van der Waals surface area contributed by atoms with E-state index in [4.69, 9.17) is 14.5 Å². The van der Waals surface area contributed by atoms with Crippen molar-refractivity contribution < 1.29 is 9.47 Å². The van der Waals surface area contributed by atoms with Gasteiger partial charge in [-0.05, 0) is 43.0 Å². The number of hydrogen-bond donors (Lipinski definition) is 0. The number of aryl methyl sites for hydroxylation is 1. The number of unbranched alkanes of at least 4 members (excludes halogenated alkanes) is 1. The minimum Gasteiger partial charge on any atom is -0.493 e. The second kappa shape index (κ2) is 8.46. The Balaban J connectivity index is 1.85. The van der Waals surface area contributed by atoms with Gasteiger partial charge in [-0.2, -0.15) is 0 Å². The lowest BCUT2D eigenvalue weighted by Crippen LogP contribution is -2.32. The van der Waals surface area contributed by atoms with E-state index >= 15 is 0 Å². The van der Waals surface area contributed by atoms with Crippen LogP contribution in [0.5, 0.6) is 11.5 Å². The second-order valence-corrected chi connectivity index (χ2v) is 7.05. The molecule has 0 spiro atoms. The Morgan fingerprint density at radius 2 is 1.78 bits per heavy atom. The van der Waals surface area contributed by atoms with Crippen LogP contribution in [0, 0.1) is 6.92 Å². The van der Waals surface area contributed by atoms with E-state index in [1.807, 2.05) is 6.92 Å². The highest BCUT2D eigenvalue weighted by Crippen LogP contribution is 2.34. The van der Waals surface area contributed by atoms with Crippen LogP contribution in [0.4, 0.5) is 11.6 Å². The molecule has 1 aliphatic heterocycles. The number of methoxy groups -OCH3 is 2. The van der Waals surface area contributed by atoms with Gasteiger partial charge in [-0.3, -0.25) is 0 Å². The van der Waals surface area contributed by atoms with E-state index in [1.165, 1.54) is 17.5 Å². The highest BCUT2D eigenvalue weighted by Gasteiger charge is 2.21. The van der Waals surface area contributed by atoms with Crippen LogP contribution in [0.25, 0.3) is 0 Å². The summed E-state index contributed by atoms with van der Waals surface area (Å²) >= 11 is 0. The molecule has 6 heteroatoms. The molecule has 2 heterocycles. The summed E-state index contributed by atoms with van der Waals surface area (Å²) in [7, 11) is 5.46. The second-order valence-electron chi connectivity index (χ2n) is 7.05. The molecule has 0 saturated heterocycles. The maximum absolute atomic E-state index is 5.47. The van der Waals surface area contributed by atoms with Crippen molar-refractivity contribution in [2.75, 3.05) is 44.2 Å². The zero-order valence-corrected chi connectivity index (χ0v) is 17.1. The van der Waals surface area contributed by atoms with Crippen LogP contribution in [0.2, 0.25) is 0 Å². The average molecular weight is 370 g/mol. The Morgan fingerprint density at radius 3 is 2.44 bits per heavy atom. The number of rotatable bonds is 7. The van der Waals surface area contributed by atoms with Gasteiger partial charge in [-0.25, -0.2) is 9.97 Å². The predicted octanol–water partition coefficient (Wildman–Crippen LogP) is 3.60. The van der Waals surface area contributed by atoms with E-state index in [0.29, 0.717) is 0 Å². The number of nitrogens with zero attached hydrogens (tertiary/aromatic N) is 4. The van der Waals surface area contributed by atoms with Crippen molar-refractivity contribution in [3.8, 4) is 11.5 Å². The molecule has 3 rings (SSSR count). The molecule has 0 amide bonds. The van der Waals surface area contributed by atoms with E-state index in [0.717, 1.165) is 61.4 Å². The molecule has 0 bridgehead atoms. The van der Waals surface area contributed by atoms with Crippen LogP contribution < -0.4 is 19.3 Å². The van der Waals surface area contributed by atoms with Gasteiger partial charge in [0.2, 0.25) is 0 Å². The summed E-state index contributed by atoms with van der Waals surface area (Å²) in [5.74, 6) is 4.36. The summed E-state index contributed by atoms with van der Waals surface area (Å²) in [6.45, 7) is 6.92. The van der Waals surface area contributed by atoms with Crippen molar-refractivity contribution in [3.63, 3.8) is 0 Å². The summed E-state index contributed by atoms with van der Waals surface area (Å²) in [5.41, 5.74) is 2.58. The summed E-state index contributed by atoms with van der Waals surface area (Å²) in [4.78, 5) is 13.9. The first-order valence-electron chi connectivity index (χ1n) is 9.61. The van der Waals surface area contributed by atoms with Gasteiger partial charge in [-0.15, -0.1) is 0 Å². The fourth-order valence-corrected chi connectivity index (χ4v) is 3.48. The van der Waals surface area contributed by atoms with Crippen molar-refractivity contribution in [2.45, 2.75) is 39.7 Å². The normalized spacial score (nSPS) is 13.3. The third-order valence-electron chi connectivity index (χ3n) is 5.09. The Morgan fingerprint density at radius 1 is 1.07 bits per heavy atom. The summed E-state index contributed by atoms with van der Waals surface area (Å²) < 4.78 is 10.9. The number of fused-ring (bicyclic) bond motifs is 1. The fraction of sp³-hybridized carbons (Fsp3) is 0.524. The molecule has 2 aromatic rings. The average Bonchev–Trinajstić information content (AvgIpc) is 2.69. The Bertz CT molecular complexity index is 794. The van der Waals surface area contributed by atoms with Crippen molar-refractivity contribution in [3.05, 3.63) is 35.2 Å². The van der Waals surface area contributed by atoms with Gasteiger partial charge in [0.25, 0.3) is 0 Å². The zero-order chi connectivity index (χ0) is 19.4. The predicted molar refractivity (Wildman–Crippen MR) is 109 cm³/mol. The Hall–Kier alpha value is -2.50. The topological polar surface area (TPSA) is 50.7 Å². The molecular weight excluding hydrogens is 340 g/mol. The molecule has 0 atom stereocenters. The summed E-state index contributed by atoms with van der Waals surface area (Å²) in [6.07, 6.45) is 3.29. The zero-order valence-electron chi connectivity index (χ0n) is 17.1. The lowest BCUT2D eigenvalue weighted by atomic mass is 9.99. The lowest BCUT2D eigenvalue weighted by Gasteiger charge is -2.31. The van der Waals surface area contributed by atoms with E-state index in [9.17, 15) is 0 Å². The lowest BCUT2D eigenvalue weighted by molar-refractivity contribution is 0.353. The fourth-order valence-electron chi connectivity index (χ4n) is 3.48. The van der Waals surface area contributed by atoms with Gasteiger partial charge < -0.3 is 19.3 Å². The number of hydrogen-bond acceptors (Lipinski definition) is 6. The smallest absolute Gasteiger partial charge is 0.161 e. The SMILES string of the molecule is CCCCN(C)c1cc(N2CCc3cc(OC)c(OC)cc3C2)nc(C)n1. The van der Waals surface area contributed by atoms with Crippen molar-refractivity contribution in [2.24, 2.45) is 0 Å². The molecule has 1 aromatic heterocycles. The van der Waals surface area contributed by atoms with Gasteiger partial charge >= 0.3 is 0 Å². The van der Waals surface area contributed by atoms with Crippen molar-refractivity contribution >= 4 is 11.6 Å². The van der Waals surface area contributed by atoms with Crippen LogP contribution in [0.1, 0.15) is 36.7 Å². The third-order valence-corrected chi connectivity index (χ3v) is 5.09. The van der Waals surface area contributed by atoms with Crippen LogP contribution >= 0.6 is 0 Å². The van der Waals surface area contributed by atoms with Gasteiger partial charge in [-0.1, -0.05) is 13.3 Å². The largest absolute Gasteiger partial charge is 0.493 e. The van der Waals surface area contributed by atoms with Gasteiger partial charge in [0.05, 0.1) is 14.2 Å². The van der Waals surface area contributed by atoms with E-state index in [1.54, 1.807) is 14.2 Å². The first kappa shape index (κ1) is 19.3. The molecule has 1 aromatic carbocycles. The Labute approximate surface area is 162 Å². The van der Waals surface area contributed by atoms with Crippen LogP contribution in [0.3, 0.4) is 0 Å². The number of benzene rings is 1. The maximum Gasteiger partial charge on any atom is 0.161 e. The van der Waals surface area contributed by atoms with Crippen LogP contribution in [0.15, 0.2) is 18.2 Å². The molecule has 1 aliphatic rings. The third kappa shape index (κ3) is 4.26. The van der Waals surface area contributed by atoms with Gasteiger partial charge in [0, 0.05) is 32.7 Å². The maximum atomic E-state index is 5.47. The monoisotopic (exact) mass is 370 g/mol. The van der Waals surface area contributed by atoms with E-state index in [-0.39, 0.29) is 0 Å². The molecule has 0 radical (unpaired) electrons. The highest BCUT2D eigenvalue weighted by atomic mass is 16.5. The molecule has 0 unspecified atom stereocenters. The molecule has 27 heavy (non-hydrogen) atoms. The van der Waals surface area contributed by atoms with E-state index < -0.39 is 0 Å². The molecule has 0 N–H and O–H groups in total. The minimum absolute atomic E-state index is 0.775. The number of ether oxygens (including phenoxy) is 2. The summed E-state index contributed by atoms with van der Waals surface area (Å²) in [5, 5.41) is 0. The highest BCUT2D eigenvalue weighted by molar-refractivity contribution is 5.55. The number of anilines is 2. The molecular formula is C21H30N4O2. The van der Waals surface area contributed by atoms with E-state index in [2.05, 4.69) is 47.0 Å². The number of aromatic nitrogens is 2. The molecule has 0 aliphatic carbocycles. The van der Waals surface area contributed by atoms with Crippen LogP contribution in [-0.2, 0) is 13.0 Å². The quantitative estimate of drug-likeness (QED) is 0.742. The standard InChI is InChI=1S/C21H30N4O2/c1-6-7-9-24(3)20-13-21(23-15(2)22-20)25-10-8-16-11-18(26-4)19(27-5)12-17(16)14-25/h11-13H,6-10,14H2,1-5H3.